The number of rotatable bonds is 3. The second kappa shape index (κ2) is 6.10. The van der Waals surface area contributed by atoms with Gasteiger partial charge in [0.15, 0.2) is 0 Å². The quantitative estimate of drug-likeness (QED) is 0.832. The SMILES string of the molecule is Cc1nccnc1C(=O)NC1(C)CCN(C(C)S)CC1. The Labute approximate surface area is 125 Å². The molecule has 5 nitrogen and oxygen atoms in total. The summed E-state index contributed by atoms with van der Waals surface area (Å²) in [7, 11) is 0. The fraction of sp³-hybridized carbons (Fsp3) is 0.643. The molecule has 1 amide bonds. The number of carbonyl (C=O) groups is 1. The van der Waals surface area contributed by atoms with Gasteiger partial charge in [0.2, 0.25) is 0 Å². The fourth-order valence-corrected chi connectivity index (χ4v) is 2.71. The van der Waals surface area contributed by atoms with Crippen molar-refractivity contribution in [3.05, 3.63) is 23.8 Å². The molecule has 0 spiro atoms. The van der Waals surface area contributed by atoms with Gasteiger partial charge in [0, 0.05) is 36.4 Å². The van der Waals surface area contributed by atoms with E-state index in [0.29, 0.717) is 11.4 Å². The number of hydrogen-bond donors (Lipinski definition) is 2. The van der Waals surface area contributed by atoms with Crippen LogP contribution in [0.15, 0.2) is 12.4 Å². The number of aromatic nitrogens is 2. The highest BCUT2D eigenvalue weighted by Crippen LogP contribution is 2.24. The smallest absolute Gasteiger partial charge is 0.272 e. The second-order valence-electron chi connectivity index (χ2n) is 5.67. The van der Waals surface area contributed by atoms with E-state index in [9.17, 15) is 4.79 Å². The summed E-state index contributed by atoms with van der Waals surface area (Å²) in [6.45, 7) is 7.86. The molecule has 0 radical (unpaired) electrons. The first kappa shape index (κ1) is 15.3. The van der Waals surface area contributed by atoms with Crippen LogP contribution >= 0.6 is 12.6 Å². The summed E-state index contributed by atoms with van der Waals surface area (Å²) in [6, 6.07) is 0. The van der Waals surface area contributed by atoms with Crippen LogP contribution < -0.4 is 5.32 Å². The lowest BCUT2D eigenvalue weighted by atomic mass is 9.89. The maximum atomic E-state index is 12.3. The summed E-state index contributed by atoms with van der Waals surface area (Å²) in [5.41, 5.74) is 0.897. The number of nitrogens with zero attached hydrogens (tertiary/aromatic N) is 3. The molecule has 110 valence electrons. The zero-order valence-electron chi connectivity index (χ0n) is 12.3. The minimum Gasteiger partial charge on any atom is -0.345 e. The summed E-state index contributed by atoms with van der Waals surface area (Å²) < 4.78 is 0. The van der Waals surface area contributed by atoms with Crippen LogP contribution in [0.5, 0.6) is 0 Å². The monoisotopic (exact) mass is 294 g/mol. The number of nitrogens with one attached hydrogen (secondary N) is 1. The molecule has 0 aromatic carbocycles. The van der Waals surface area contributed by atoms with Crippen LogP contribution in [0.4, 0.5) is 0 Å². The van der Waals surface area contributed by atoms with E-state index in [1.165, 1.54) is 0 Å². The predicted molar refractivity (Wildman–Crippen MR) is 81.9 cm³/mol. The third-order valence-corrected chi connectivity index (χ3v) is 4.27. The van der Waals surface area contributed by atoms with E-state index in [1.807, 2.05) is 0 Å². The number of hydrogen-bond acceptors (Lipinski definition) is 5. The molecular formula is C14H22N4OS. The van der Waals surface area contributed by atoms with Crippen molar-refractivity contribution in [1.29, 1.82) is 0 Å². The largest absolute Gasteiger partial charge is 0.345 e. The van der Waals surface area contributed by atoms with Crippen LogP contribution in [0.2, 0.25) is 0 Å². The molecule has 0 bridgehead atoms. The minimum absolute atomic E-state index is 0.134. The van der Waals surface area contributed by atoms with Crippen LogP contribution in [-0.2, 0) is 0 Å². The van der Waals surface area contributed by atoms with Crippen molar-refractivity contribution in [3.8, 4) is 0 Å². The molecule has 1 saturated heterocycles. The van der Waals surface area contributed by atoms with Crippen molar-refractivity contribution in [1.82, 2.24) is 20.2 Å². The highest BCUT2D eigenvalue weighted by Gasteiger charge is 2.33. The van der Waals surface area contributed by atoms with Gasteiger partial charge in [-0.3, -0.25) is 14.7 Å². The molecule has 1 aromatic rings. The van der Waals surface area contributed by atoms with E-state index in [1.54, 1.807) is 19.3 Å². The van der Waals surface area contributed by atoms with Gasteiger partial charge in [0.1, 0.15) is 5.69 Å². The Bertz CT molecular complexity index is 484. The minimum atomic E-state index is -0.180. The Balaban J connectivity index is 2.00. The van der Waals surface area contributed by atoms with Gasteiger partial charge in [-0.15, -0.1) is 0 Å². The molecule has 1 unspecified atom stereocenters. The summed E-state index contributed by atoms with van der Waals surface area (Å²) in [6.07, 6.45) is 4.99. The Hall–Kier alpha value is -1.14. The first-order chi connectivity index (χ1) is 9.41. The zero-order chi connectivity index (χ0) is 14.8. The first-order valence-electron chi connectivity index (χ1n) is 6.93. The van der Waals surface area contributed by atoms with Gasteiger partial charge in [0.05, 0.1) is 5.69 Å². The number of aryl methyl sites for hydroxylation is 1. The molecule has 1 aliphatic heterocycles. The normalized spacial score (nSPS) is 20.4. The van der Waals surface area contributed by atoms with Crippen molar-refractivity contribution in [3.63, 3.8) is 0 Å². The molecule has 0 aliphatic carbocycles. The van der Waals surface area contributed by atoms with Crippen LogP contribution in [-0.4, -0.2) is 44.8 Å². The number of piperidine rings is 1. The first-order valence-corrected chi connectivity index (χ1v) is 7.45. The van der Waals surface area contributed by atoms with Crippen molar-refractivity contribution < 1.29 is 4.79 Å². The van der Waals surface area contributed by atoms with Crippen molar-refractivity contribution in [2.75, 3.05) is 13.1 Å². The van der Waals surface area contributed by atoms with E-state index in [-0.39, 0.29) is 16.8 Å². The van der Waals surface area contributed by atoms with Crippen molar-refractivity contribution in [2.45, 2.75) is 44.5 Å². The maximum absolute atomic E-state index is 12.3. The highest BCUT2D eigenvalue weighted by atomic mass is 32.1. The summed E-state index contributed by atoms with van der Waals surface area (Å²) in [4.78, 5) is 22.9. The van der Waals surface area contributed by atoms with Crippen LogP contribution in [0.25, 0.3) is 0 Å². The summed E-state index contributed by atoms with van der Waals surface area (Å²) >= 11 is 4.46. The van der Waals surface area contributed by atoms with Gasteiger partial charge in [-0.25, -0.2) is 4.98 Å². The molecule has 6 heteroatoms. The van der Waals surface area contributed by atoms with E-state index >= 15 is 0 Å². The third-order valence-electron chi connectivity index (χ3n) is 3.94. The Morgan fingerprint density at radius 1 is 1.40 bits per heavy atom. The Morgan fingerprint density at radius 3 is 2.55 bits per heavy atom. The maximum Gasteiger partial charge on any atom is 0.272 e. The highest BCUT2D eigenvalue weighted by molar-refractivity contribution is 7.80. The van der Waals surface area contributed by atoms with Gasteiger partial charge in [-0.05, 0) is 33.6 Å². The summed E-state index contributed by atoms with van der Waals surface area (Å²) in [5, 5.41) is 3.38. The fourth-order valence-electron chi connectivity index (χ4n) is 2.48. The standard InChI is InChI=1S/C14H22N4OS/c1-10-12(16-7-6-15-10)13(19)17-14(3)4-8-18(9-5-14)11(2)20/h6-7,11,20H,4-5,8-9H2,1-3H3,(H,17,19). The topological polar surface area (TPSA) is 58.1 Å². The van der Waals surface area contributed by atoms with Gasteiger partial charge in [-0.2, -0.15) is 12.6 Å². The lowest BCUT2D eigenvalue weighted by molar-refractivity contribution is 0.0824. The van der Waals surface area contributed by atoms with E-state index < -0.39 is 0 Å². The van der Waals surface area contributed by atoms with E-state index in [4.69, 9.17) is 0 Å². The number of carbonyl (C=O) groups excluding carboxylic acids is 1. The Kier molecular flexibility index (Phi) is 4.65. The molecule has 1 aliphatic rings. The molecule has 20 heavy (non-hydrogen) atoms. The Morgan fingerprint density at radius 2 is 2.00 bits per heavy atom. The molecule has 1 fully saturated rings. The van der Waals surface area contributed by atoms with Crippen molar-refractivity contribution in [2.24, 2.45) is 0 Å². The van der Waals surface area contributed by atoms with Gasteiger partial charge < -0.3 is 5.32 Å². The zero-order valence-corrected chi connectivity index (χ0v) is 13.2. The lowest BCUT2D eigenvalue weighted by Crippen LogP contribution is -2.54. The predicted octanol–water partition coefficient (Wildman–Crippen LogP) is 1.65. The van der Waals surface area contributed by atoms with Gasteiger partial charge in [-0.1, -0.05) is 0 Å². The van der Waals surface area contributed by atoms with Crippen LogP contribution in [0.3, 0.4) is 0 Å². The second-order valence-corrected chi connectivity index (χ2v) is 6.42. The van der Waals surface area contributed by atoms with E-state index in [2.05, 4.69) is 46.7 Å². The molecule has 2 heterocycles. The third kappa shape index (κ3) is 3.49. The lowest BCUT2D eigenvalue weighted by Gasteiger charge is -2.41. The molecule has 1 aromatic heterocycles. The average Bonchev–Trinajstić information content (AvgIpc) is 2.39. The summed E-state index contributed by atoms with van der Waals surface area (Å²) in [5.74, 6) is -0.134. The molecule has 1 N–H and O–H groups in total. The van der Waals surface area contributed by atoms with Crippen molar-refractivity contribution >= 4 is 18.5 Å². The number of thiol groups is 1. The molecular weight excluding hydrogens is 272 g/mol. The molecule has 2 rings (SSSR count). The molecule has 1 atom stereocenters. The van der Waals surface area contributed by atoms with Crippen LogP contribution in [0, 0.1) is 6.92 Å². The van der Waals surface area contributed by atoms with Gasteiger partial charge >= 0.3 is 0 Å². The number of likely N-dealkylation sites (tertiary alicyclic amines) is 1. The van der Waals surface area contributed by atoms with Gasteiger partial charge in [0.25, 0.3) is 5.91 Å². The molecule has 0 saturated carbocycles. The average molecular weight is 294 g/mol. The van der Waals surface area contributed by atoms with E-state index in [0.717, 1.165) is 25.9 Å². The number of amides is 1. The van der Waals surface area contributed by atoms with Crippen LogP contribution in [0.1, 0.15) is 42.9 Å².